The van der Waals surface area contributed by atoms with Crippen LogP contribution in [-0.4, -0.2) is 38.6 Å². The van der Waals surface area contributed by atoms with Gasteiger partial charge in [0.2, 0.25) is 5.91 Å². The first-order valence-corrected chi connectivity index (χ1v) is 12.4. The highest BCUT2D eigenvalue weighted by Crippen LogP contribution is 2.30. The Morgan fingerprint density at radius 3 is 2.40 bits per heavy atom. The van der Waals surface area contributed by atoms with E-state index >= 15 is 0 Å². The van der Waals surface area contributed by atoms with Crippen molar-refractivity contribution in [3.63, 3.8) is 0 Å². The van der Waals surface area contributed by atoms with Crippen LogP contribution in [0.5, 0.6) is 5.75 Å². The smallest absolute Gasteiger partial charge is 0.341 e. The molecular formula is C25H25ClN2O6S. The minimum atomic E-state index is -4.07. The average Bonchev–Trinajstić information content (AvgIpc) is 2.82. The molecule has 35 heavy (non-hydrogen) atoms. The van der Waals surface area contributed by atoms with Gasteiger partial charge in [-0.15, -0.1) is 0 Å². The number of aryl methyl sites for hydroxylation is 1. The van der Waals surface area contributed by atoms with Crippen LogP contribution in [-0.2, 0) is 26.2 Å². The molecule has 184 valence electrons. The number of aliphatic carboxylic acids is 1. The summed E-state index contributed by atoms with van der Waals surface area (Å²) in [7, 11) is -4.07. The van der Waals surface area contributed by atoms with Gasteiger partial charge >= 0.3 is 5.97 Å². The van der Waals surface area contributed by atoms with Crippen LogP contribution in [0.3, 0.4) is 0 Å². The molecule has 3 aromatic rings. The van der Waals surface area contributed by atoms with E-state index in [0.717, 1.165) is 9.87 Å². The monoisotopic (exact) mass is 516 g/mol. The molecule has 0 aliphatic heterocycles. The zero-order valence-corrected chi connectivity index (χ0v) is 20.8. The second kappa shape index (κ2) is 11.2. The number of amides is 1. The Labute approximate surface area is 209 Å². The highest BCUT2D eigenvalue weighted by atomic mass is 35.5. The summed E-state index contributed by atoms with van der Waals surface area (Å²) in [6.45, 7) is 2.68. The Hall–Kier alpha value is -3.56. The highest BCUT2D eigenvalue weighted by Gasteiger charge is 2.28. The van der Waals surface area contributed by atoms with Gasteiger partial charge in [0.15, 0.2) is 6.61 Å². The summed E-state index contributed by atoms with van der Waals surface area (Å²) in [4.78, 5) is 23.6. The quantitative estimate of drug-likeness (QED) is 0.422. The van der Waals surface area contributed by atoms with Gasteiger partial charge in [0, 0.05) is 11.6 Å². The molecule has 0 unspecified atom stereocenters. The van der Waals surface area contributed by atoms with Crippen LogP contribution in [0.4, 0.5) is 5.69 Å². The van der Waals surface area contributed by atoms with Crippen LogP contribution >= 0.6 is 11.6 Å². The molecule has 0 aromatic heterocycles. The third-order valence-corrected chi connectivity index (χ3v) is 7.34. The number of ether oxygens (including phenoxy) is 1. The van der Waals surface area contributed by atoms with E-state index in [1.54, 1.807) is 61.5 Å². The molecule has 2 N–H and O–H groups in total. The van der Waals surface area contributed by atoms with Crippen molar-refractivity contribution in [1.29, 1.82) is 0 Å². The van der Waals surface area contributed by atoms with Gasteiger partial charge in [-0.1, -0.05) is 47.5 Å². The third-order valence-electron chi connectivity index (χ3n) is 5.15. The molecule has 3 rings (SSSR count). The van der Waals surface area contributed by atoms with Crippen molar-refractivity contribution in [3.8, 4) is 5.75 Å². The maximum absolute atomic E-state index is 13.5. The molecule has 0 saturated heterocycles. The van der Waals surface area contributed by atoms with Crippen molar-refractivity contribution in [2.75, 3.05) is 17.5 Å². The molecule has 0 fully saturated rings. The van der Waals surface area contributed by atoms with Gasteiger partial charge in [-0.3, -0.25) is 9.10 Å². The minimum Gasteiger partial charge on any atom is -0.482 e. The number of nitrogens with one attached hydrogen (secondary N) is 1. The average molecular weight is 517 g/mol. The normalized spacial score (nSPS) is 11.1. The summed E-state index contributed by atoms with van der Waals surface area (Å²) in [6.07, 6.45) is 0. The van der Waals surface area contributed by atoms with Crippen LogP contribution < -0.4 is 14.4 Å². The van der Waals surface area contributed by atoms with Gasteiger partial charge in [-0.2, -0.15) is 0 Å². The Kier molecular flexibility index (Phi) is 8.37. The van der Waals surface area contributed by atoms with E-state index in [1.165, 1.54) is 12.1 Å². The lowest BCUT2D eigenvalue weighted by atomic mass is 10.2. The number of carbonyl (C=O) groups excluding carboxylic acids is 1. The number of carboxylic acids is 1. The van der Waals surface area contributed by atoms with Crippen LogP contribution in [0.25, 0.3) is 0 Å². The van der Waals surface area contributed by atoms with Gasteiger partial charge < -0.3 is 15.2 Å². The van der Waals surface area contributed by atoms with Crippen molar-refractivity contribution in [1.82, 2.24) is 5.32 Å². The SMILES string of the molecule is Cc1ccc(S(=O)(=O)N(CC(=O)NCc2cccc(OCC(=O)O)c2)c2cccc(Cl)c2C)cc1. The lowest BCUT2D eigenvalue weighted by Gasteiger charge is -2.26. The maximum atomic E-state index is 13.5. The molecule has 10 heteroatoms. The van der Waals surface area contributed by atoms with Crippen molar-refractivity contribution in [3.05, 3.63) is 88.4 Å². The van der Waals surface area contributed by atoms with E-state index in [2.05, 4.69) is 5.32 Å². The number of rotatable bonds is 10. The number of halogens is 1. The molecule has 0 aliphatic carbocycles. The Morgan fingerprint density at radius 1 is 1.03 bits per heavy atom. The van der Waals surface area contributed by atoms with E-state index in [0.29, 0.717) is 27.6 Å². The fourth-order valence-electron chi connectivity index (χ4n) is 3.28. The molecule has 0 radical (unpaired) electrons. The molecule has 0 saturated carbocycles. The molecule has 0 bridgehead atoms. The first-order chi connectivity index (χ1) is 16.6. The van der Waals surface area contributed by atoms with E-state index in [1.807, 2.05) is 6.92 Å². The van der Waals surface area contributed by atoms with Crippen molar-refractivity contribution in [2.45, 2.75) is 25.3 Å². The summed E-state index contributed by atoms with van der Waals surface area (Å²) in [5, 5.41) is 11.8. The standard InChI is InChI=1S/C25H25ClN2O6S/c1-17-9-11-21(12-10-17)35(32,33)28(23-8-4-7-22(26)18(23)2)15-24(29)27-14-19-5-3-6-20(13-19)34-16-25(30)31/h3-13H,14-16H2,1-2H3,(H,27,29)(H,30,31). The number of hydrogen-bond donors (Lipinski definition) is 2. The molecule has 1 amide bonds. The summed E-state index contributed by atoms with van der Waals surface area (Å²) in [5.41, 5.74) is 2.40. The highest BCUT2D eigenvalue weighted by molar-refractivity contribution is 7.92. The largest absolute Gasteiger partial charge is 0.482 e. The Balaban J connectivity index is 1.82. The van der Waals surface area contributed by atoms with Crippen molar-refractivity contribution >= 4 is 39.2 Å². The molecule has 8 nitrogen and oxygen atoms in total. The first kappa shape index (κ1) is 26.1. The molecule has 3 aromatic carbocycles. The minimum absolute atomic E-state index is 0.0542. The fourth-order valence-corrected chi connectivity index (χ4v) is 4.93. The summed E-state index contributed by atoms with van der Waals surface area (Å²) in [5.74, 6) is -1.29. The van der Waals surface area contributed by atoms with Gasteiger partial charge in [-0.05, 0) is 61.4 Å². The fraction of sp³-hybridized carbons (Fsp3) is 0.200. The third kappa shape index (κ3) is 6.74. The second-order valence-corrected chi connectivity index (χ2v) is 10.1. The Bertz CT molecular complexity index is 1330. The second-order valence-electron chi connectivity index (χ2n) is 7.82. The predicted octanol–water partition coefficient (Wildman–Crippen LogP) is 3.93. The van der Waals surface area contributed by atoms with Crippen LogP contribution in [0.15, 0.2) is 71.6 Å². The van der Waals surface area contributed by atoms with Gasteiger partial charge in [-0.25, -0.2) is 13.2 Å². The number of nitrogens with zero attached hydrogens (tertiary/aromatic N) is 1. The topological polar surface area (TPSA) is 113 Å². The molecule has 0 heterocycles. The summed E-state index contributed by atoms with van der Waals surface area (Å²) >= 11 is 6.24. The zero-order chi connectivity index (χ0) is 25.6. The lowest BCUT2D eigenvalue weighted by Crippen LogP contribution is -2.41. The van der Waals surface area contributed by atoms with E-state index in [4.69, 9.17) is 21.4 Å². The first-order valence-electron chi connectivity index (χ1n) is 10.6. The lowest BCUT2D eigenvalue weighted by molar-refractivity contribution is -0.139. The number of carboxylic acid groups (broad SMARTS) is 1. The molecule has 0 atom stereocenters. The Morgan fingerprint density at radius 2 is 1.71 bits per heavy atom. The number of carbonyl (C=O) groups is 2. The van der Waals surface area contributed by atoms with Crippen LogP contribution in [0.2, 0.25) is 5.02 Å². The maximum Gasteiger partial charge on any atom is 0.341 e. The van der Waals surface area contributed by atoms with Gasteiger partial charge in [0.1, 0.15) is 12.3 Å². The van der Waals surface area contributed by atoms with Gasteiger partial charge in [0.25, 0.3) is 10.0 Å². The number of benzene rings is 3. The van der Waals surface area contributed by atoms with Gasteiger partial charge in [0.05, 0.1) is 10.6 Å². The summed E-state index contributed by atoms with van der Waals surface area (Å²) < 4.78 is 33.2. The van der Waals surface area contributed by atoms with E-state index in [-0.39, 0.29) is 11.4 Å². The number of hydrogen-bond acceptors (Lipinski definition) is 5. The van der Waals surface area contributed by atoms with Crippen LogP contribution in [0.1, 0.15) is 16.7 Å². The van der Waals surface area contributed by atoms with Crippen molar-refractivity contribution < 1.29 is 27.9 Å². The predicted molar refractivity (Wildman–Crippen MR) is 133 cm³/mol. The van der Waals surface area contributed by atoms with E-state index < -0.39 is 35.1 Å². The van der Waals surface area contributed by atoms with E-state index in [9.17, 15) is 18.0 Å². The molecular weight excluding hydrogens is 492 g/mol. The summed E-state index contributed by atoms with van der Waals surface area (Å²) in [6, 6.07) is 17.9. The molecule has 0 aliphatic rings. The van der Waals surface area contributed by atoms with Crippen LogP contribution in [0, 0.1) is 13.8 Å². The molecule has 0 spiro atoms. The zero-order valence-electron chi connectivity index (χ0n) is 19.2. The number of sulfonamides is 1. The van der Waals surface area contributed by atoms with Crippen molar-refractivity contribution in [2.24, 2.45) is 0 Å². The number of anilines is 1.